The number of quaternary nitrogens is 1. The summed E-state index contributed by atoms with van der Waals surface area (Å²) < 4.78 is 34.5. The minimum Gasteiger partial charge on any atom is -0.462 e. The first-order chi connectivity index (χ1) is 38.5. The lowest BCUT2D eigenvalue weighted by molar-refractivity contribution is -0.870. The third-order valence-electron chi connectivity index (χ3n) is 13.2. The molecule has 0 rings (SSSR count). The van der Waals surface area contributed by atoms with Crippen LogP contribution in [-0.4, -0.2) is 74.9 Å². The van der Waals surface area contributed by atoms with E-state index in [0.717, 1.165) is 116 Å². The molecule has 0 aromatic heterocycles. The number of phosphoric ester groups is 1. The normalized spacial score (nSPS) is 14.1. The van der Waals surface area contributed by atoms with E-state index in [1.165, 1.54) is 103 Å². The lowest BCUT2D eigenvalue weighted by Gasteiger charge is -2.24. The molecule has 0 bridgehead atoms. The Labute approximate surface area is 486 Å². The monoisotopic (exact) mass is 1120 g/mol. The van der Waals surface area contributed by atoms with Crippen LogP contribution in [0.1, 0.15) is 251 Å². The van der Waals surface area contributed by atoms with E-state index < -0.39 is 26.5 Å². The van der Waals surface area contributed by atoms with Crippen LogP contribution in [0.3, 0.4) is 0 Å². The molecular weight excluding hydrogens is 1000 g/mol. The fourth-order valence-corrected chi connectivity index (χ4v) is 9.10. The topological polar surface area (TPSA) is 108 Å². The molecule has 0 amide bonds. The molecule has 0 aromatic rings. The Kier molecular flexibility index (Phi) is 56.4. The predicted octanol–water partition coefficient (Wildman–Crippen LogP) is 20.3. The van der Waals surface area contributed by atoms with E-state index in [-0.39, 0.29) is 32.0 Å². The standard InChI is InChI=1S/C69H118NO8P/c1-6-8-10-12-14-16-18-20-22-23-24-25-26-27-28-29-30-31-32-33-34-35-36-37-38-39-40-41-42-43-44-45-46-47-48-50-52-54-56-58-60-62-69(72)78-67(66-77-79(73,74)76-64-63-70(3,4)5)65-75-68(71)61-59-57-55-53-51-49-21-19-17-15-13-11-9-7-2/h8,10,14,16,19-22,24-25,27-28,30-31,33-34,36-37,39-40,67H,6-7,9,11-13,15,17-18,23,26,29,32,35,38,41-66H2,1-5H3/p+1/b10-8-,16-14-,21-19-,22-20-,25-24-,28-27-,31-30-,34-33-,37-36-,40-39-. The van der Waals surface area contributed by atoms with Crippen molar-refractivity contribution in [3.05, 3.63) is 122 Å². The molecule has 0 radical (unpaired) electrons. The molecule has 2 unspecified atom stereocenters. The molecule has 9 nitrogen and oxygen atoms in total. The Bertz CT molecular complexity index is 1750. The van der Waals surface area contributed by atoms with E-state index in [1.807, 2.05) is 21.1 Å². The fraction of sp³-hybridized carbons (Fsp3) is 0.681. The number of carbonyl (C=O) groups excluding carboxylic acids is 2. The summed E-state index contributed by atoms with van der Waals surface area (Å²) in [6.07, 6.45) is 84.3. The molecule has 10 heteroatoms. The molecule has 1 N–H and O–H groups in total. The first-order valence-electron chi connectivity index (χ1n) is 31.8. The van der Waals surface area contributed by atoms with Gasteiger partial charge in [0.05, 0.1) is 27.7 Å². The van der Waals surface area contributed by atoms with Crippen LogP contribution in [0.2, 0.25) is 0 Å². The molecule has 2 atom stereocenters. The smallest absolute Gasteiger partial charge is 0.462 e. The van der Waals surface area contributed by atoms with Gasteiger partial charge in [-0.3, -0.25) is 18.6 Å². The number of carbonyl (C=O) groups is 2. The molecule has 0 aliphatic heterocycles. The average molecular weight is 1120 g/mol. The lowest BCUT2D eigenvalue weighted by Crippen LogP contribution is -2.37. The number of ether oxygens (including phenoxy) is 2. The van der Waals surface area contributed by atoms with E-state index >= 15 is 0 Å². The number of phosphoric acid groups is 1. The first-order valence-corrected chi connectivity index (χ1v) is 33.3. The minimum absolute atomic E-state index is 0.0263. The molecule has 0 saturated carbocycles. The van der Waals surface area contributed by atoms with Crippen molar-refractivity contribution in [1.82, 2.24) is 0 Å². The van der Waals surface area contributed by atoms with Crippen molar-refractivity contribution in [3.63, 3.8) is 0 Å². The van der Waals surface area contributed by atoms with Crippen LogP contribution in [-0.2, 0) is 32.7 Å². The Morgan fingerprint density at radius 3 is 1.09 bits per heavy atom. The summed E-state index contributed by atoms with van der Waals surface area (Å²) in [5.74, 6) is -0.810. The van der Waals surface area contributed by atoms with E-state index in [0.29, 0.717) is 17.4 Å². The second-order valence-electron chi connectivity index (χ2n) is 22.1. The zero-order chi connectivity index (χ0) is 57.7. The average Bonchev–Trinajstić information content (AvgIpc) is 3.41. The summed E-state index contributed by atoms with van der Waals surface area (Å²) in [5.41, 5.74) is 0. The fourth-order valence-electron chi connectivity index (χ4n) is 8.36. The highest BCUT2D eigenvalue weighted by Crippen LogP contribution is 2.43. The summed E-state index contributed by atoms with van der Waals surface area (Å²) in [7, 11) is 1.46. The zero-order valence-electron chi connectivity index (χ0n) is 51.3. The molecule has 0 aromatic carbocycles. The molecule has 0 aliphatic rings. The van der Waals surface area contributed by atoms with Gasteiger partial charge in [0, 0.05) is 12.8 Å². The van der Waals surface area contributed by atoms with Crippen LogP contribution in [0.5, 0.6) is 0 Å². The highest BCUT2D eigenvalue weighted by molar-refractivity contribution is 7.47. The van der Waals surface area contributed by atoms with E-state index in [2.05, 4.69) is 135 Å². The first kappa shape index (κ1) is 75.4. The van der Waals surface area contributed by atoms with Gasteiger partial charge in [0.25, 0.3) is 0 Å². The maximum absolute atomic E-state index is 12.8. The summed E-state index contributed by atoms with van der Waals surface area (Å²) in [4.78, 5) is 35.7. The number of hydrogen-bond acceptors (Lipinski definition) is 7. The molecule has 0 saturated heterocycles. The van der Waals surface area contributed by atoms with Crippen LogP contribution in [0, 0.1) is 0 Å². The van der Waals surface area contributed by atoms with Crippen molar-refractivity contribution < 1.29 is 42.1 Å². The molecule has 0 aliphatic carbocycles. The molecule has 0 spiro atoms. The van der Waals surface area contributed by atoms with Gasteiger partial charge < -0.3 is 18.9 Å². The quantitative estimate of drug-likeness (QED) is 0.0211. The second-order valence-corrected chi connectivity index (χ2v) is 23.5. The van der Waals surface area contributed by atoms with E-state index in [4.69, 9.17) is 18.5 Å². The summed E-state index contributed by atoms with van der Waals surface area (Å²) in [6.45, 7) is 4.29. The van der Waals surface area contributed by atoms with Gasteiger partial charge in [0.15, 0.2) is 6.10 Å². The third kappa shape index (κ3) is 63.5. The Morgan fingerprint density at radius 1 is 0.405 bits per heavy atom. The summed E-state index contributed by atoms with van der Waals surface area (Å²) in [5, 5.41) is 0. The Balaban J connectivity index is 4.03. The number of likely N-dealkylation sites (N-methyl/N-ethyl adjacent to an activating group) is 1. The second kappa shape index (κ2) is 59.0. The zero-order valence-corrected chi connectivity index (χ0v) is 52.2. The number of nitrogens with zero attached hydrogens (tertiary/aromatic N) is 1. The summed E-state index contributed by atoms with van der Waals surface area (Å²) in [6, 6.07) is 0. The van der Waals surface area contributed by atoms with Gasteiger partial charge in [0.2, 0.25) is 0 Å². The highest BCUT2D eigenvalue weighted by atomic mass is 31.2. The van der Waals surface area contributed by atoms with Crippen LogP contribution < -0.4 is 0 Å². The Morgan fingerprint density at radius 2 is 0.722 bits per heavy atom. The molecular formula is C69H119NO8P+. The van der Waals surface area contributed by atoms with Crippen molar-refractivity contribution >= 4 is 19.8 Å². The highest BCUT2D eigenvalue weighted by Gasteiger charge is 2.27. The molecule has 0 fully saturated rings. The van der Waals surface area contributed by atoms with Crippen LogP contribution in [0.15, 0.2) is 122 Å². The van der Waals surface area contributed by atoms with Gasteiger partial charge in [-0.2, -0.15) is 0 Å². The number of hydrogen-bond donors (Lipinski definition) is 1. The predicted molar refractivity (Wildman–Crippen MR) is 339 cm³/mol. The van der Waals surface area contributed by atoms with Crippen molar-refractivity contribution in [3.8, 4) is 0 Å². The van der Waals surface area contributed by atoms with Crippen LogP contribution in [0.25, 0.3) is 0 Å². The van der Waals surface area contributed by atoms with Gasteiger partial charge in [-0.05, 0) is 109 Å². The minimum atomic E-state index is -4.39. The maximum Gasteiger partial charge on any atom is 0.472 e. The Hall–Kier alpha value is -3.59. The number of rotatable bonds is 57. The van der Waals surface area contributed by atoms with Crippen molar-refractivity contribution in [2.75, 3.05) is 47.5 Å². The summed E-state index contributed by atoms with van der Waals surface area (Å²) >= 11 is 0. The van der Waals surface area contributed by atoms with E-state index in [9.17, 15) is 19.0 Å². The molecule has 452 valence electrons. The van der Waals surface area contributed by atoms with Gasteiger partial charge in [0.1, 0.15) is 19.8 Å². The third-order valence-corrected chi connectivity index (χ3v) is 14.2. The SMILES string of the molecule is CC/C=C\C/C=C\C/C=C\C/C=C\C/C=C\C/C=C\C/C=C\C/C=C\C/C=C\CCCCCCCCCCCCCCCC(=O)OC(COC(=O)CCCCCCC/C=C\CCCCCCC)COP(=O)(O)OCC[N+](C)(C)C. The molecule has 79 heavy (non-hydrogen) atoms. The number of allylic oxidation sites excluding steroid dienone is 20. The van der Waals surface area contributed by atoms with Crippen LogP contribution >= 0.6 is 7.82 Å². The van der Waals surface area contributed by atoms with Crippen LogP contribution in [0.4, 0.5) is 0 Å². The number of unbranched alkanes of at least 4 members (excludes halogenated alkanes) is 23. The molecule has 0 heterocycles. The van der Waals surface area contributed by atoms with Crippen molar-refractivity contribution in [1.29, 1.82) is 0 Å². The maximum atomic E-state index is 12.8. The lowest BCUT2D eigenvalue weighted by atomic mass is 10.0. The van der Waals surface area contributed by atoms with Gasteiger partial charge in [-0.1, -0.05) is 251 Å². The number of esters is 2. The van der Waals surface area contributed by atoms with Gasteiger partial charge in [-0.25, -0.2) is 4.57 Å². The van der Waals surface area contributed by atoms with Crippen molar-refractivity contribution in [2.45, 2.75) is 258 Å². The van der Waals surface area contributed by atoms with Gasteiger partial charge >= 0.3 is 19.8 Å². The van der Waals surface area contributed by atoms with Gasteiger partial charge in [-0.15, -0.1) is 0 Å². The largest absolute Gasteiger partial charge is 0.472 e. The van der Waals surface area contributed by atoms with Crippen molar-refractivity contribution in [2.24, 2.45) is 0 Å². The van der Waals surface area contributed by atoms with E-state index in [1.54, 1.807) is 0 Å².